The van der Waals surface area contributed by atoms with Gasteiger partial charge in [-0.15, -0.1) is 0 Å². The van der Waals surface area contributed by atoms with Gasteiger partial charge < -0.3 is 25.0 Å². The number of hydrogen-bond donors (Lipinski definition) is 2. The fraction of sp³-hybridized carbons (Fsp3) is 0.348. The van der Waals surface area contributed by atoms with Crippen molar-refractivity contribution < 1.29 is 9.47 Å². The summed E-state index contributed by atoms with van der Waals surface area (Å²) in [5, 5.41) is 6.99. The van der Waals surface area contributed by atoms with Crippen LogP contribution in [-0.2, 0) is 6.54 Å². The molecular weight excluding hydrogens is 382 g/mol. The third-order valence-corrected chi connectivity index (χ3v) is 5.07. The Morgan fingerprint density at radius 2 is 1.76 bits per heavy atom. The molecule has 0 amide bonds. The van der Waals surface area contributed by atoms with E-state index in [4.69, 9.17) is 21.7 Å². The number of nitrogens with zero attached hydrogens (tertiary/aromatic N) is 1. The lowest BCUT2D eigenvalue weighted by molar-refractivity contribution is 0.114. The first-order valence-corrected chi connectivity index (χ1v) is 10.4. The maximum atomic E-state index is 6.10. The molecule has 0 bridgehead atoms. The predicted octanol–water partition coefficient (Wildman–Crippen LogP) is 4.21. The molecule has 154 valence electrons. The number of thiocarbonyl (C=S) groups is 1. The zero-order valence-corrected chi connectivity index (χ0v) is 17.7. The average molecular weight is 412 g/mol. The van der Waals surface area contributed by atoms with Crippen molar-refractivity contribution in [3.8, 4) is 11.5 Å². The largest absolute Gasteiger partial charge is 0.490 e. The molecule has 0 aliphatic carbocycles. The van der Waals surface area contributed by atoms with Crippen LogP contribution < -0.4 is 20.1 Å². The molecule has 0 saturated carbocycles. The third-order valence-electron chi connectivity index (χ3n) is 4.82. The first-order valence-electron chi connectivity index (χ1n) is 9.95. The van der Waals surface area contributed by atoms with Crippen molar-refractivity contribution in [3.63, 3.8) is 0 Å². The van der Waals surface area contributed by atoms with E-state index < -0.39 is 0 Å². The number of nitrogens with one attached hydrogen (secondary N) is 2. The first kappa shape index (κ1) is 21.1. The van der Waals surface area contributed by atoms with Crippen LogP contribution in [0.2, 0.25) is 0 Å². The minimum atomic E-state index is 0.320. The van der Waals surface area contributed by atoms with Crippen molar-refractivity contribution >= 4 is 23.0 Å². The summed E-state index contributed by atoms with van der Waals surface area (Å²) in [6, 6.07) is 15.9. The summed E-state index contributed by atoms with van der Waals surface area (Å²) in [6.45, 7) is 6.99. The lowest BCUT2D eigenvalue weighted by atomic mass is 10.1. The summed E-state index contributed by atoms with van der Waals surface area (Å²) in [7, 11) is 2.16. The van der Waals surface area contributed by atoms with Gasteiger partial charge in [-0.2, -0.15) is 0 Å². The molecule has 2 N–H and O–H groups in total. The fourth-order valence-corrected chi connectivity index (χ4v) is 3.32. The van der Waals surface area contributed by atoms with Crippen LogP contribution in [0, 0.1) is 0 Å². The van der Waals surface area contributed by atoms with Gasteiger partial charge in [0.2, 0.25) is 0 Å². The van der Waals surface area contributed by atoms with E-state index in [2.05, 4.69) is 41.3 Å². The van der Waals surface area contributed by atoms with E-state index in [1.54, 1.807) is 6.08 Å². The van der Waals surface area contributed by atoms with Crippen LogP contribution in [0.5, 0.6) is 11.5 Å². The number of ether oxygens (including phenoxy) is 2. The van der Waals surface area contributed by atoms with Crippen molar-refractivity contribution in [3.05, 3.63) is 66.7 Å². The highest BCUT2D eigenvalue weighted by Crippen LogP contribution is 2.19. The molecule has 1 fully saturated rings. The Morgan fingerprint density at radius 1 is 1.10 bits per heavy atom. The van der Waals surface area contributed by atoms with Crippen molar-refractivity contribution in [2.45, 2.75) is 25.5 Å². The Kier molecular flexibility index (Phi) is 7.90. The Morgan fingerprint density at radius 3 is 2.41 bits per heavy atom. The monoisotopic (exact) mass is 411 g/mol. The van der Waals surface area contributed by atoms with Crippen molar-refractivity contribution in [2.75, 3.05) is 32.1 Å². The molecule has 0 unspecified atom stereocenters. The average Bonchev–Trinajstić information content (AvgIpc) is 2.74. The van der Waals surface area contributed by atoms with Gasteiger partial charge >= 0.3 is 0 Å². The van der Waals surface area contributed by atoms with Gasteiger partial charge in [0.25, 0.3) is 0 Å². The second-order valence-electron chi connectivity index (χ2n) is 7.20. The number of likely N-dealkylation sites (tertiary alicyclic amines) is 1. The highest BCUT2D eigenvalue weighted by molar-refractivity contribution is 7.80. The van der Waals surface area contributed by atoms with Gasteiger partial charge in [-0.1, -0.05) is 24.8 Å². The summed E-state index contributed by atoms with van der Waals surface area (Å²) in [6.07, 6.45) is 4.21. The van der Waals surface area contributed by atoms with Gasteiger partial charge in [0.1, 0.15) is 24.2 Å². The molecule has 0 aromatic heterocycles. The van der Waals surface area contributed by atoms with E-state index in [1.165, 1.54) is 0 Å². The normalized spacial score (nSPS) is 14.8. The fourth-order valence-electron chi connectivity index (χ4n) is 3.13. The highest BCUT2D eigenvalue weighted by Gasteiger charge is 2.17. The molecule has 0 spiro atoms. The van der Waals surface area contributed by atoms with Gasteiger partial charge in [-0.3, -0.25) is 0 Å². The van der Waals surface area contributed by atoms with E-state index in [0.29, 0.717) is 24.4 Å². The molecule has 1 aliphatic heterocycles. The smallest absolute Gasteiger partial charge is 0.171 e. The van der Waals surface area contributed by atoms with Crippen LogP contribution in [0.4, 0.5) is 5.69 Å². The zero-order valence-electron chi connectivity index (χ0n) is 16.9. The van der Waals surface area contributed by atoms with E-state index >= 15 is 0 Å². The summed E-state index contributed by atoms with van der Waals surface area (Å²) in [5.74, 6) is 1.74. The highest BCUT2D eigenvalue weighted by atomic mass is 32.1. The Balaban J connectivity index is 1.41. The molecule has 1 saturated heterocycles. The molecule has 29 heavy (non-hydrogen) atoms. The van der Waals surface area contributed by atoms with Gasteiger partial charge in [0, 0.05) is 25.3 Å². The van der Waals surface area contributed by atoms with Crippen LogP contribution in [0.3, 0.4) is 0 Å². The standard InChI is InChI=1S/C23H29N3O2S/c1-3-16-27-20-10-6-19(7-11-20)25-23(29)24-17-18-4-8-21(9-5-18)28-22-12-14-26(2)15-13-22/h3-11,22H,1,12-17H2,2H3,(H2,24,25,29). The lowest BCUT2D eigenvalue weighted by Crippen LogP contribution is -2.35. The maximum Gasteiger partial charge on any atom is 0.171 e. The van der Waals surface area contributed by atoms with E-state index in [-0.39, 0.29) is 0 Å². The Hall–Kier alpha value is -2.57. The number of piperidine rings is 1. The number of benzene rings is 2. The summed E-state index contributed by atoms with van der Waals surface area (Å²) in [4.78, 5) is 2.34. The molecule has 1 heterocycles. The molecule has 0 radical (unpaired) electrons. The van der Waals surface area contributed by atoms with Gasteiger partial charge in [0.05, 0.1) is 0 Å². The second-order valence-corrected chi connectivity index (χ2v) is 7.60. The maximum absolute atomic E-state index is 6.10. The third kappa shape index (κ3) is 7.07. The van der Waals surface area contributed by atoms with Gasteiger partial charge in [0.15, 0.2) is 5.11 Å². The molecule has 5 nitrogen and oxygen atoms in total. The lowest BCUT2D eigenvalue weighted by Gasteiger charge is -2.29. The van der Waals surface area contributed by atoms with E-state index in [0.717, 1.165) is 48.7 Å². The topological polar surface area (TPSA) is 45.8 Å². The van der Waals surface area contributed by atoms with E-state index in [9.17, 15) is 0 Å². The van der Waals surface area contributed by atoms with E-state index in [1.807, 2.05) is 36.4 Å². The Bertz CT molecular complexity index is 785. The van der Waals surface area contributed by atoms with Crippen LogP contribution in [0.1, 0.15) is 18.4 Å². The predicted molar refractivity (Wildman–Crippen MR) is 123 cm³/mol. The second kappa shape index (κ2) is 10.8. The van der Waals surface area contributed by atoms with Crippen LogP contribution in [0.15, 0.2) is 61.2 Å². The molecule has 3 rings (SSSR count). The summed E-state index contributed by atoms with van der Waals surface area (Å²) < 4.78 is 11.6. The number of anilines is 1. The van der Waals surface area contributed by atoms with Crippen LogP contribution in [0.25, 0.3) is 0 Å². The van der Waals surface area contributed by atoms with Gasteiger partial charge in [-0.25, -0.2) is 0 Å². The zero-order chi connectivity index (χ0) is 20.5. The molecular formula is C23H29N3O2S. The minimum Gasteiger partial charge on any atom is -0.490 e. The van der Waals surface area contributed by atoms with Crippen molar-refractivity contribution in [1.82, 2.24) is 10.2 Å². The molecule has 6 heteroatoms. The van der Waals surface area contributed by atoms with Crippen molar-refractivity contribution in [1.29, 1.82) is 0 Å². The first-order chi connectivity index (χ1) is 14.1. The molecule has 2 aromatic rings. The minimum absolute atomic E-state index is 0.320. The summed E-state index contributed by atoms with van der Waals surface area (Å²) in [5.41, 5.74) is 2.06. The SMILES string of the molecule is C=CCOc1ccc(NC(=S)NCc2ccc(OC3CCN(C)CC3)cc2)cc1. The molecule has 0 atom stereocenters. The number of rotatable bonds is 8. The quantitative estimate of drug-likeness (QED) is 0.501. The Labute approximate surface area is 178 Å². The number of hydrogen-bond acceptors (Lipinski definition) is 4. The molecule has 1 aliphatic rings. The summed E-state index contributed by atoms with van der Waals surface area (Å²) >= 11 is 5.39. The van der Waals surface area contributed by atoms with Crippen molar-refractivity contribution in [2.24, 2.45) is 0 Å². The van der Waals surface area contributed by atoms with Crippen LogP contribution >= 0.6 is 12.2 Å². The van der Waals surface area contributed by atoms with Gasteiger partial charge in [-0.05, 0) is 74.1 Å². The van der Waals surface area contributed by atoms with Crippen LogP contribution in [-0.4, -0.2) is 42.9 Å². The molecule has 2 aromatic carbocycles.